The highest BCUT2D eigenvalue weighted by Crippen LogP contribution is 2.42. The molecule has 0 fully saturated rings. The van der Waals surface area contributed by atoms with Crippen molar-refractivity contribution in [2.75, 3.05) is 20.8 Å². The number of nitrogens with one attached hydrogen (secondary N) is 2. The van der Waals surface area contributed by atoms with Gasteiger partial charge < -0.3 is 29.4 Å². The van der Waals surface area contributed by atoms with Gasteiger partial charge in [-0.25, -0.2) is 0 Å². The molecule has 1 aliphatic heterocycles. The smallest absolute Gasteiger partial charge is 0.253 e. The van der Waals surface area contributed by atoms with Crippen LogP contribution in [0.4, 0.5) is 0 Å². The largest absolute Gasteiger partial charge is 0.493 e. The van der Waals surface area contributed by atoms with Crippen molar-refractivity contribution in [1.82, 2.24) is 14.9 Å². The van der Waals surface area contributed by atoms with E-state index in [-0.39, 0.29) is 12.5 Å². The number of ether oxygens (including phenoxy) is 2. The molecule has 0 saturated heterocycles. The van der Waals surface area contributed by atoms with Crippen LogP contribution in [0, 0.1) is 0 Å². The van der Waals surface area contributed by atoms with Crippen LogP contribution in [0.25, 0.3) is 33.4 Å². The number of hydrogen-bond acceptors (Lipinski definition) is 4. The lowest BCUT2D eigenvalue weighted by Crippen LogP contribution is -2.39. The molecule has 5 aromatic rings. The number of nitrogens with zero attached hydrogens (tertiary/aromatic N) is 1. The van der Waals surface area contributed by atoms with Crippen molar-refractivity contribution in [3.63, 3.8) is 0 Å². The van der Waals surface area contributed by atoms with Crippen molar-refractivity contribution >= 4 is 16.8 Å². The summed E-state index contributed by atoms with van der Waals surface area (Å²) in [6.45, 7) is 0.563. The summed E-state index contributed by atoms with van der Waals surface area (Å²) in [5, 5.41) is 14.4. The number of aromatic nitrogens is 2. The number of carbonyl (C=O) groups excluding carboxylic acids is 1. The molecule has 1 atom stereocenters. The first-order valence-electron chi connectivity index (χ1n) is 13.1. The van der Waals surface area contributed by atoms with Gasteiger partial charge in [0.15, 0.2) is 11.5 Å². The van der Waals surface area contributed by atoms with Gasteiger partial charge in [-0.3, -0.25) is 4.79 Å². The highest BCUT2D eigenvalue weighted by Gasteiger charge is 2.28. The van der Waals surface area contributed by atoms with Gasteiger partial charge in [0.2, 0.25) is 0 Å². The van der Waals surface area contributed by atoms with E-state index in [1.54, 1.807) is 14.2 Å². The summed E-state index contributed by atoms with van der Waals surface area (Å²) in [6.07, 6.45) is 3.27. The average molecular weight is 522 g/mol. The molecule has 7 heteroatoms. The standard InChI is InChI=1S/C32H31N3O4/c1-38-29-15-21-12-13-35-28(25(21)17-30(29)39-2)16-26(31(35)20-8-4-3-5-9-20)32(37)34-23(19-36)14-22-18-33-27-11-7-6-10-24(22)27/h3-11,15-18,23,33,36H,12-14,19H2,1-2H3,(H,34,37)/t23-/m1/s1. The Hall–Kier alpha value is -4.49. The van der Waals surface area contributed by atoms with Gasteiger partial charge in [0, 0.05) is 34.9 Å². The monoisotopic (exact) mass is 521 g/mol. The Morgan fingerprint density at radius 1 is 1.03 bits per heavy atom. The number of aliphatic hydroxyl groups is 1. The van der Waals surface area contributed by atoms with Crippen molar-refractivity contribution in [2.45, 2.75) is 25.4 Å². The zero-order chi connectivity index (χ0) is 26.9. The Bertz CT molecular complexity index is 1650. The maximum atomic E-state index is 13.9. The van der Waals surface area contributed by atoms with Gasteiger partial charge in [-0.05, 0) is 53.8 Å². The van der Waals surface area contributed by atoms with Crippen molar-refractivity contribution in [3.05, 3.63) is 95.7 Å². The first kappa shape index (κ1) is 24.8. The van der Waals surface area contributed by atoms with Crippen LogP contribution < -0.4 is 14.8 Å². The minimum atomic E-state index is -0.436. The van der Waals surface area contributed by atoms with Crippen LogP contribution in [0.1, 0.15) is 21.5 Å². The zero-order valence-corrected chi connectivity index (χ0v) is 22.0. The zero-order valence-electron chi connectivity index (χ0n) is 22.0. The number of amides is 1. The molecule has 0 bridgehead atoms. The summed E-state index contributed by atoms with van der Waals surface area (Å²) in [7, 11) is 3.27. The summed E-state index contributed by atoms with van der Waals surface area (Å²) >= 11 is 0. The molecular formula is C32H31N3O4. The van der Waals surface area contributed by atoms with Gasteiger partial charge in [-0.1, -0.05) is 48.5 Å². The second kappa shape index (κ2) is 10.3. The summed E-state index contributed by atoms with van der Waals surface area (Å²) in [4.78, 5) is 17.1. The molecule has 3 N–H and O–H groups in total. The molecule has 6 rings (SSSR count). The van der Waals surface area contributed by atoms with Crippen molar-refractivity contribution < 1.29 is 19.4 Å². The maximum Gasteiger partial charge on any atom is 0.253 e. The molecule has 1 aliphatic rings. The van der Waals surface area contributed by atoms with Gasteiger partial charge in [0.1, 0.15) is 0 Å². The van der Waals surface area contributed by atoms with E-state index in [4.69, 9.17) is 9.47 Å². The van der Waals surface area contributed by atoms with Crippen LogP contribution in [0.2, 0.25) is 0 Å². The SMILES string of the molecule is COc1cc2c(cc1OC)-c1cc(C(=O)N[C@@H](CO)Cc3c[nH]c4ccccc34)c(-c3ccccc3)n1CC2. The number of aryl methyl sites for hydroxylation is 1. The number of carbonyl (C=O) groups is 1. The first-order valence-corrected chi connectivity index (χ1v) is 13.1. The van der Waals surface area contributed by atoms with Crippen LogP contribution in [0.15, 0.2) is 79.0 Å². The predicted molar refractivity (Wildman–Crippen MR) is 152 cm³/mol. The van der Waals surface area contributed by atoms with Gasteiger partial charge in [0.05, 0.1) is 38.1 Å². The number of H-pyrrole nitrogens is 1. The van der Waals surface area contributed by atoms with Crippen LogP contribution in [0.3, 0.4) is 0 Å². The Labute approximate surface area is 227 Å². The quantitative estimate of drug-likeness (QED) is 0.262. The Kier molecular flexibility index (Phi) is 6.59. The topological polar surface area (TPSA) is 88.5 Å². The summed E-state index contributed by atoms with van der Waals surface area (Å²) in [5.41, 5.74) is 7.63. The van der Waals surface area contributed by atoms with Crippen LogP contribution in [-0.4, -0.2) is 47.4 Å². The first-order chi connectivity index (χ1) is 19.1. The van der Waals surface area contributed by atoms with Crippen LogP contribution in [0.5, 0.6) is 11.5 Å². The second-order valence-corrected chi connectivity index (χ2v) is 9.84. The predicted octanol–water partition coefficient (Wildman–Crippen LogP) is 5.21. The van der Waals surface area contributed by atoms with Gasteiger partial charge in [0.25, 0.3) is 5.91 Å². The summed E-state index contributed by atoms with van der Waals surface area (Å²) < 4.78 is 13.3. The van der Waals surface area contributed by atoms with Gasteiger partial charge in [-0.2, -0.15) is 0 Å². The molecule has 0 spiro atoms. The molecule has 0 saturated carbocycles. The highest BCUT2D eigenvalue weighted by molar-refractivity contribution is 6.02. The van der Waals surface area contributed by atoms with E-state index in [0.717, 1.165) is 57.5 Å². The molecule has 2 aromatic heterocycles. The molecule has 0 unspecified atom stereocenters. The molecule has 0 aliphatic carbocycles. The molecule has 7 nitrogen and oxygen atoms in total. The highest BCUT2D eigenvalue weighted by atomic mass is 16.5. The van der Waals surface area contributed by atoms with E-state index >= 15 is 0 Å². The molecular weight excluding hydrogens is 490 g/mol. The van der Waals surface area contributed by atoms with E-state index < -0.39 is 6.04 Å². The normalized spacial score (nSPS) is 13.0. The van der Waals surface area contributed by atoms with E-state index in [1.165, 1.54) is 0 Å². The number of benzene rings is 3. The third-order valence-electron chi connectivity index (χ3n) is 7.58. The molecule has 3 heterocycles. The fourth-order valence-corrected chi connectivity index (χ4v) is 5.67. The fraction of sp³-hybridized carbons (Fsp3) is 0.219. The molecule has 0 radical (unpaired) electrons. The minimum Gasteiger partial charge on any atom is -0.493 e. The number of hydrogen-bond donors (Lipinski definition) is 3. The Morgan fingerprint density at radius 3 is 2.54 bits per heavy atom. The van der Waals surface area contributed by atoms with Crippen LogP contribution >= 0.6 is 0 Å². The lowest BCUT2D eigenvalue weighted by atomic mass is 9.97. The van der Waals surface area contributed by atoms with Crippen LogP contribution in [-0.2, 0) is 19.4 Å². The van der Waals surface area contributed by atoms with Crippen molar-refractivity contribution in [1.29, 1.82) is 0 Å². The number of methoxy groups -OCH3 is 2. The minimum absolute atomic E-state index is 0.167. The number of para-hydroxylation sites is 1. The van der Waals surface area contributed by atoms with Gasteiger partial charge >= 0.3 is 0 Å². The average Bonchev–Trinajstić information content (AvgIpc) is 3.58. The third-order valence-corrected chi connectivity index (χ3v) is 7.58. The number of rotatable bonds is 8. The Morgan fingerprint density at radius 2 is 1.77 bits per heavy atom. The van der Waals surface area contributed by atoms with E-state index in [9.17, 15) is 9.90 Å². The fourth-order valence-electron chi connectivity index (χ4n) is 5.67. The molecule has 198 valence electrons. The van der Waals surface area contributed by atoms with E-state index in [2.05, 4.69) is 14.9 Å². The summed E-state index contributed by atoms with van der Waals surface area (Å²) in [6, 6.07) is 23.6. The number of aliphatic hydroxyl groups excluding tert-OH is 1. The molecule has 39 heavy (non-hydrogen) atoms. The van der Waals surface area contributed by atoms with Crippen molar-refractivity contribution in [2.24, 2.45) is 0 Å². The number of fused-ring (bicyclic) bond motifs is 4. The second-order valence-electron chi connectivity index (χ2n) is 9.84. The maximum absolute atomic E-state index is 13.9. The van der Waals surface area contributed by atoms with E-state index in [0.29, 0.717) is 23.5 Å². The third kappa shape index (κ3) is 4.45. The molecule has 3 aromatic carbocycles. The number of aromatic amines is 1. The van der Waals surface area contributed by atoms with E-state index in [1.807, 2.05) is 79.0 Å². The van der Waals surface area contributed by atoms with Crippen molar-refractivity contribution in [3.8, 4) is 34.0 Å². The summed E-state index contributed by atoms with van der Waals surface area (Å²) in [5.74, 6) is 1.13. The Balaban J connectivity index is 1.39. The lowest BCUT2D eigenvalue weighted by molar-refractivity contribution is 0.0917. The van der Waals surface area contributed by atoms with Gasteiger partial charge in [-0.15, -0.1) is 0 Å². The molecule has 1 amide bonds. The lowest BCUT2D eigenvalue weighted by Gasteiger charge is -2.23.